The quantitative estimate of drug-likeness (QED) is 0.826. The van der Waals surface area contributed by atoms with Gasteiger partial charge in [0.1, 0.15) is 0 Å². The molecule has 1 heterocycles. The number of nitrogens with two attached hydrogens (primary N) is 1. The van der Waals surface area contributed by atoms with Crippen LogP contribution in [0.25, 0.3) is 0 Å². The summed E-state index contributed by atoms with van der Waals surface area (Å²) in [6, 6.07) is 3.43. The summed E-state index contributed by atoms with van der Waals surface area (Å²) in [5, 5.41) is 10.3. The topological polar surface area (TPSA) is 64.7 Å². The highest BCUT2D eigenvalue weighted by atomic mass is 35.5. The average Bonchev–Trinajstić information content (AvgIpc) is 2.53. The fraction of sp³-hybridized carbons (Fsp3) is 0.455. The zero-order valence-electron chi connectivity index (χ0n) is 8.78. The Labute approximate surface area is 98.9 Å². The van der Waals surface area contributed by atoms with Crippen LogP contribution in [0.4, 0.5) is 0 Å². The third kappa shape index (κ3) is 2.09. The van der Waals surface area contributed by atoms with Crippen molar-refractivity contribution in [2.75, 3.05) is 19.8 Å². The van der Waals surface area contributed by atoms with Crippen LogP contribution in [0.1, 0.15) is 18.1 Å². The van der Waals surface area contributed by atoms with Crippen LogP contribution in [-0.2, 0) is 0 Å². The van der Waals surface area contributed by atoms with Gasteiger partial charge in [-0.05, 0) is 12.1 Å². The Bertz CT molecular complexity index is 384. The first kappa shape index (κ1) is 11.5. The SMILES string of the molecule is NCC(O)c1c(Cl)ccc2c1OCCCO2. The second-order valence-corrected chi connectivity index (χ2v) is 4.00. The summed E-state index contributed by atoms with van der Waals surface area (Å²) in [6.45, 7) is 1.25. The molecule has 16 heavy (non-hydrogen) atoms. The summed E-state index contributed by atoms with van der Waals surface area (Å²) in [6.07, 6.45) is -0.0195. The highest BCUT2D eigenvalue weighted by Crippen LogP contribution is 2.40. The van der Waals surface area contributed by atoms with Gasteiger partial charge in [-0.1, -0.05) is 11.6 Å². The van der Waals surface area contributed by atoms with Gasteiger partial charge in [-0.2, -0.15) is 0 Å². The van der Waals surface area contributed by atoms with Gasteiger partial charge in [0.2, 0.25) is 0 Å². The maximum Gasteiger partial charge on any atom is 0.168 e. The molecule has 0 bridgehead atoms. The molecule has 4 nitrogen and oxygen atoms in total. The third-order valence-corrected chi connectivity index (χ3v) is 2.79. The van der Waals surface area contributed by atoms with Gasteiger partial charge < -0.3 is 20.3 Å². The van der Waals surface area contributed by atoms with E-state index in [4.69, 9.17) is 26.8 Å². The lowest BCUT2D eigenvalue weighted by atomic mass is 10.1. The molecule has 1 unspecified atom stereocenters. The Kier molecular flexibility index (Phi) is 3.53. The van der Waals surface area contributed by atoms with E-state index in [9.17, 15) is 5.11 Å². The molecule has 88 valence electrons. The van der Waals surface area contributed by atoms with Crippen LogP contribution in [0, 0.1) is 0 Å². The molecule has 1 aliphatic rings. The van der Waals surface area contributed by atoms with Crippen LogP contribution < -0.4 is 15.2 Å². The Morgan fingerprint density at radius 3 is 2.88 bits per heavy atom. The molecule has 0 fully saturated rings. The molecule has 0 radical (unpaired) electrons. The van der Waals surface area contributed by atoms with Crippen LogP contribution in [0.15, 0.2) is 12.1 Å². The van der Waals surface area contributed by atoms with Crippen molar-refractivity contribution in [3.8, 4) is 11.5 Å². The highest BCUT2D eigenvalue weighted by Gasteiger charge is 2.22. The molecule has 1 atom stereocenters. The van der Waals surface area contributed by atoms with E-state index in [1.54, 1.807) is 12.1 Å². The van der Waals surface area contributed by atoms with E-state index in [2.05, 4.69) is 0 Å². The fourth-order valence-corrected chi connectivity index (χ4v) is 1.94. The van der Waals surface area contributed by atoms with E-state index in [-0.39, 0.29) is 6.54 Å². The number of ether oxygens (including phenoxy) is 2. The first-order chi connectivity index (χ1) is 7.74. The number of halogens is 1. The molecule has 0 spiro atoms. The predicted molar refractivity (Wildman–Crippen MR) is 61.1 cm³/mol. The summed E-state index contributed by atoms with van der Waals surface area (Å²) in [5.74, 6) is 1.13. The number of aliphatic hydroxyl groups excluding tert-OH is 1. The zero-order valence-corrected chi connectivity index (χ0v) is 9.54. The minimum Gasteiger partial charge on any atom is -0.490 e. The minimum absolute atomic E-state index is 0.0968. The normalized spacial score (nSPS) is 16.7. The van der Waals surface area contributed by atoms with Gasteiger partial charge in [-0.15, -0.1) is 0 Å². The minimum atomic E-state index is -0.829. The average molecular weight is 244 g/mol. The lowest BCUT2D eigenvalue weighted by Gasteiger charge is -2.17. The Hall–Kier alpha value is -0.970. The maximum atomic E-state index is 9.81. The molecular formula is C11H14ClNO3. The van der Waals surface area contributed by atoms with Crippen molar-refractivity contribution in [3.63, 3.8) is 0 Å². The van der Waals surface area contributed by atoms with Gasteiger partial charge in [0, 0.05) is 18.5 Å². The number of fused-ring (bicyclic) bond motifs is 1. The summed E-state index contributed by atoms with van der Waals surface area (Å²) in [4.78, 5) is 0. The number of aliphatic hydroxyl groups is 1. The fourth-order valence-electron chi connectivity index (χ4n) is 1.66. The van der Waals surface area contributed by atoms with Gasteiger partial charge in [0.25, 0.3) is 0 Å². The molecule has 2 rings (SSSR count). The summed E-state index contributed by atoms with van der Waals surface area (Å²) in [7, 11) is 0. The van der Waals surface area contributed by atoms with Crippen molar-refractivity contribution in [1.82, 2.24) is 0 Å². The Morgan fingerprint density at radius 2 is 2.12 bits per heavy atom. The van der Waals surface area contributed by atoms with E-state index >= 15 is 0 Å². The Morgan fingerprint density at radius 1 is 1.38 bits per heavy atom. The van der Waals surface area contributed by atoms with Crippen LogP contribution in [0.2, 0.25) is 5.02 Å². The second kappa shape index (κ2) is 4.91. The van der Waals surface area contributed by atoms with Crippen molar-refractivity contribution in [2.45, 2.75) is 12.5 Å². The largest absolute Gasteiger partial charge is 0.490 e. The highest BCUT2D eigenvalue weighted by molar-refractivity contribution is 6.31. The molecule has 1 aromatic carbocycles. The second-order valence-electron chi connectivity index (χ2n) is 3.59. The predicted octanol–water partition coefficient (Wildman–Crippen LogP) is 1.49. The van der Waals surface area contributed by atoms with E-state index < -0.39 is 6.10 Å². The van der Waals surface area contributed by atoms with Crippen LogP contribution >= 0.6 is 11.6 Å². The van der Waals surface area contributed by atoms with Crippen LogP contribution in [0.5, 0.6) is 11.5 Å². The number of hydrogen-bond acceptors (Lipinski definition) is 4. The van der Waals surface area contributed by atoms with E-state index in [1.807, 2.05) is 0 Å². The van der Waals surface area contributed by atoms with Crippen molar-refractivity contribution >= 4 is 11.6 Å². The van der Waals surface area contributed by atoms with Gasteiger partial charge >= 0.3 is 0 Å². The van der Waals surface area contributed by atoms with E-state index in [0.29, 0.717) is 35.3 Å². The van der Waals surface area contributed by atoms with E-state index in [0.717, 1.165) is 6.42 Å². The maximum absolute atomic E-state index is 9.81. The van der Waals surface area contributed by atoms with Crippen molar-refractivity contribution in [2.24, 2.45) is 5.73 Å². The monoisotopic (exact) mass is 243 g/mol. The van der Waals surface area contributed by atoms with Crippen molar-refractivity contribution in [3.05, 3.63) is 22.7 Å². The lowest BCUT2D eigenvalue weighted by Crippen LogP contribution is -2.13. The smallest absolute Gasteiger partial charge is 0.168 e. The zero-order chi connectivity index (χ0) is 11.5. The van der Waals surface area contributed by atoms with E-state index in [1.165, 1.54) is 0 Å². The summed E-state index contributed by atoms with van der Waals surface area (Å²) >= 11 is 6.04. The van der Waals surface area contributed by atoms with Gasteiger partial charge in [0.15, 0.2) is 11.5 Å². The first-order valence-electron chi connectivity index (χ1n) is 5.20. The van der Waals surface area contributed by atoms with Gasteiger partial charge in [0.05, 0.1) is 24.3 Å². The summed E-state index contributed by atoms with van der Waals surface area (Å²) < 4.78 is 11.1. The molecule has 0 aliphatic carbocycles. The Balaban J connectivity index is 2.48. The van der Waals surface area contributed by atoms with Crippen LogP contribution in [0.3, 0.4) is 0 Å². The third-order valence-electron chi connectivity index (χ3n) is 2.46. The molecule has 0 saturated heterocycles. The molecule has 0 amide bonds. The first-order valence-corrected chi connectivity index (χ1v) is 5.58. The molecule has 1 aliphatic heterocycles. The van der Waals surface area contributed by atoms with Gasteiger partial charge in [-0.25, -0.2) is 0 Å². The van der Waals surface area contributed by atoms with Crippen molar-refractivity contribution in [1.29, 1.82) is 0 Å². The standard InChI is InChI=1S/C11H14ClNO3/c12-7-2-3-9-11(10(7)8(14)6-13)16-5-1-4-15-9/h2-3,8,14H,1,4-6,13H2. The molecule has 1 aromatic rings. The van der Waals surface area contributed by atoms with Crippen molar-refractivity contribution < 1.29 is 14.6 Å². The summed E-state index contributed by atoms with van der Waals surface area (Å²) in [5.41, 5.74) is 5.96. The van der Waals surface area contributed by atoms with Crippen LogP contribution in [-0.4, -0.2) is 24.9 Å². The van der Waals surface area contributed by atoms with Gasteiger partial charge in [-0.3, -0.25) is 0 Å². The molecule has 0 saturated carbocycles. The lowest BCUT2D eigenvalue weighted by molar-refractivity contribution is 0.180. The molecule has 3 N–H and O–H groups in total. The number of hydrogen-bond donors (Lipinski definition) is 2. The molecular weight excluding hydrogens is 230 g/mol. The molecule has 0 aromatic heterocycles. The number of benzene rings is 1. The molecule has 5 heteroatoms. The number of rotatable bonds is 2.